The summed E-state index contributed by atoms with van der Waals surface area (Å²) in [6, 6.07) is 7.84. The summed E-state index contributed by atoms with van der Waals surface area (Å²) in [6.45, 7) is 12.7. The van der Waals surface area contributed by atoms with Gasteiger partial charge >= 0.3 is 11.9 Å². The van der Waals surface area contributed by atoms with Gasteiger partial charge in [0, 0.05) is 24.5 Å². The third kappa shape index (κ3) is 5.21. The van der Waals surface area contributed by atoms with E-state index in [1.807, 2.05) is 58.0 Å². The fourth-order valence-corrected chi connectivity index (χ4v) is 9.03. The van der Waals surface area contributed by atoms with Crippen LogP contribution in [0.1, 0.15) is 97.6 Å². The van der Waals surface area contributed by atoms with Crippen LogP contribution in [0.3, 0.4) is 0 Å². The largest absolute Gasteiger partial charge is 0.459 e. The average Bonchev–Trinajstić information content (AvgIpc) is 3.22. The van der Waals surface area contributed by atoms with Crippen molar-refractivity contribution in [1.29, 1.82) is 0 Å². The summed E-state index contributed by atoms with van der Waals surface area (Å²) < 4.78 is 12.0. The number of carbonyl (C=O) groups is 3. The molecule has 0 aliphatic heterocycles. The predicted octanol–water partition coefficient (Wildman–Crippen LogP) is 5.56. The van der Waals surface area contributed by atoms with E-state index in [1.54, 1.807) is 13.0 Å². The highest BCUT2D eigenvalue weighted by molar-refractivity contribution is 5.88. The number of ether oxygens (including phenoxy) is 2. The monoisotopic (exact) mass is 634 g/mol. The van der Waals surface area contributed by atoms with Crippen molar-refractivity contribution in [2.24, 2.45) is 22.7 Å². The number of aryl methyl sites for hydroxylation is 1. The first-order valence-electron chi connectivity index (χ1n) is 16.6. The summed E-state index contributed by atoms with van der Waals surface area (Å²) in [5.41, 5.74) is -3.95. The van der Waals surface area contributed by atoms with Crippen LogP contribution in [0, 0.1) is 29.6 Å². The van der Waals surface area contributed by atoms with E-state index in [2.05, 4.69) is 6.92 Å². The molecule has 1 unspecified atom stereocenters. The maximum atomic E-state index is 13.3. The minimum absolute atomic E-state index is 0.0195. The highest BCUT2D eigenvalue weighted by atomic mass is 16.6. The summed E-state index contributed by atoms with van der Waals surface area (Å²) in [5, 5.41) is 37.1. The van der Waals surface area contributed by atoms with E-state index >= 15 is 0 Å². The molecule has 3 saturated carbocycles. The van der Waals surface area contributed by atoms with Crippen LogP contribution in [0.15, 0.2) is 53.6 Å². The van der Waals surface area contributed by atoms with Gasteiger partial charge in [-0.3, -0.25) is 4.79 Å². The number of aliphatic hydroxyl groups is 3. The molecule has 8 heteroatoms. The van der Waals surface area contributed by atoms with Gasteiger partial charge in [-0.05, 0) is 89.2 Å². The third-order valence-corrected chi connectivity index (χ3v) is 12.4. The van der Waals surface area contributed by atoms with Crippen molar-refractivity contribution in [3.63, 3.8) is 0 Å². The first-order chi connectivity index (χ1) is 21.4. The first-order valence-corrected chi connectivity index (χ1v) is 16.6. The molecule has 0 spiro atoms. The number of ketones is 1. The number of fused-ring (bicyclic) bond motifs is 5. The number of hydrogen-bond donors (Lipinski definition) is 3. The molecule has 5 rings (SSSR count). The molecule has 46 heavy (non-hydrogen) atoms. The second kappa shape index (κ2) is 11.9. The Kier molecular flexibility index (Phi) is 8.84. The molecule has 250 valence electrons. The normalized spacial score (nSPS) is 38.9. The van der Waals surface area contributed by atoms with E-state index in [4.69, 9.17) is 9.47 Å². The summed E-state index contributed by atoms with van der Waals surface area (Å²) in [5.74, 6) is -1.98. The van der Waals surface area contributed by atoms with Gasteiger partial charge < -0.3 is 24.8 Å². The van der Waals surface area contributed by atoms with E-state index in [1.165, 1.54) is 19.1 Å². The molecule has 4 aliphatic carbocycles. The van der Waals surface area contributed by atoms with Crippen LogP contribution in [0.2, 0.25) is 0 Å². The molecule has 0 aromatic heterocycles. The number of rotatable bonds is 7. The zero-order chi connectivity index (χ0) is 33.9. The van der Waals surface area contributed by atoms with Crippen LogP contribution in [-0.4, -0.2) is 62.1 Å². The third-order valence-electron chi connectivity index (χ3n) is 12.4. The van der Waals surface area contributed by atoms with E-state index < -0.39 is 57.4 Å². The van der Waals surface area contributed by atoms with Crippen LogP contribution in [0.4, 0.5) is 0 Å². The van der Waals surface area contributed by atoms with Gasteiger partial charge in [-0.15, -0.1) is 0 Å². The number of carbonyl (C=O) groups excluding carboxylic acids is 3. The molecule has 0 radical (unpaired) electrons. The molecule has 0 amide bonds. The van der Waals surface area contributed by atoms with Gasteiger partial charge in [0.05, 0.1) is 5.41 Å². The summed E-state index contributed by atoms with van der Waals surface area (Å²) in [6.07, 6.45) is 6.96. The number of esters is 2. The van der Waals surface area contributed by atoms with Crippen molar-refractivity contribution in [1.82, 2.24) is 0 Å². The maximum Gasteiger partial charge on any atom is 0.331 e. The molecule has 8 nitrogen and oxygen atoms in total. The summed E-state index contributed by atoms with van der Waals surface area (Å²) >= 11 is 0. The van der Waals surface area contributed by atoms with Crippen molar-refractivity contribution in [3.8, 4) is 0 Å². The molecular weight excluding hydrogens is 584 g/mol. The topological polar surface area (TPSA) is 130 Å². The number of hydrogen-bond acceptors (Lipinski definition) is 8. The highest BCUT2D eigenvalue weighted by Gasteiger charge is 2.81. The number of benzene rings is 1. The van der Waals surface area contributed by atoms with Crippen molar-refractivity contribution >= 4 is 23.8 Å². The lowest BCUT2D eigenvalue weighted by Gasteiger charge is -2.67. The molecule has 0 heterocycles. The SMILES string of the molecule is CC(=O)[C@]1(O)CC[C@@]2(O)[C@]1(C)[C@H](OC(=O)/C=C(\C)C(C)C)CC1[C@@]3(C)CC[C@H](OC(=O)/C=C/c4ccc(C)cc4)CC3=CC[C@]12O. The van der Waals surface area contributed by atoms with Crippen molar-refractivity contribution in [3.05, 3.63) is 64.8 Å². The predicted molar refractivity (Wildman–Crippen MR) is 174 cm³/mol. The Bertz CT molecular complexity index is 1490. The van der Waals surface area contributed by atoms with Crippen molar-refractivity contribution in [2.45, 2.75) is 122 Å². The van der Waals surface area contributed by atoms with Gasteiger partial charge in [0.15, 0.2) is 5.78 Å². The quantitative estimate of drug-likeness (QED) is 0.202. The molecule has 1 aromatic rings. The van der Waals surface area contributed by atoms with Crippen molar-refractivity contribution < 1.29 is 39.2 Å². The molecule has 4 aliphatic rings. The van der Waals surface area contributed by atoms with Gasteiger partial charge in [0.2, 0.25) is 0 Å². The molecule has 8 atom stereocenters. The average molecular weight is 635 g/mol. The van der Waals surface area contributed by atoms with E-state index in [0.29, 0.717) is 19.3 Å². The van der Waals surface area contributed by atoms with Gasteiger partial charge in [-0.2, -0.15) is 0 Å². The molecule has 0 bridgehead atoms. The van der Waals surface area contributed by atoms with Gasteiger partial charge in [-0.25, -0.2) is 9.59 Å². The number of Topliss-reactive ketones (excluding diaryl/α,β-unsaturated/α-hetero) is 1. The van der Waals surface area contributed by atoms with Crippen molar-refractivity contribution in [2.75, 3.05) is 0 Å². The molecule has 3 fully saturated rings. The summed E-state index contributed by atoms with van der Waals surface area (Å²) in [7, 11) is 0. The Balaban J connectivity index is 1.44. The molecular formula is C38H50O8. The lowest BCUT2D eigenvalue weighted by molar-refractivity contribution is -0.314. The molecule has 1 aromatic carbocycles. The molecule has 0 saturated heterocycles. The van der Waals surface area contributed by atoms with Crippen LogP contribution in [0.5, 0.6) is 0 Å². The minimum atomic E-state index is -1.99. The fourth-order valence-electron chi connectivity index (χ4n) is 9.03. The zero-order valence-electron chi connectivity index (χ0n) is 28.3. The van der Waals surface area contributed by atoms with Gasteiger partial charge in [0.1, 0.15) is 29.0 Å². The zero-order valence-corrected chi connectivity index (χ0v) is 28.3. The Morgan fingerprint density at radius 1 is 0.957 bits per heavy atom. The minimum Gasteiger partial charge on any atom is -0.459 e. The standard InChI is InChI=1S/C38H50O8/c1-23(2)25(4)20-33(41)46-31-22-30-34(6)16-15-29(45-32(40)13-12-27-10-8-24(3)9-11-27)21-28(34)14-17-37(30,43)38(44)19-18-36(42,26(5)39)35(31,38)7/h8-14,20,23,29-31,42-44H,15-19,21-22H2,1-7H3/b13-12+,25-20+/t29-,30?,31+,34-,35+,36+,37-,38+/m0/s1. The molecule has 3 N–H and O–H groups in total. The second-order valence-corrected chi connectivity index (χ2v) is 15.1. The second-order valence-electron chi connectivity index (χ2n) is 15.1. The number of allylic oxidation sites excluding steroid dienone is 1. The van der Waals surface area contributed by atoms with Gasteiger partial charge in [-0.1, -0.05) is 67.8 Å². The smallest absolute Gasteiger partial charge is 0.331 e. The van der Waals surface area contributed by atoms with Gasteiger partial charge in [0.25, 0.3) is 0 Å². The Labute approximate surface area is 272 Å². The Morgan fingerprint density at radius 3 is 2.26 bits per heavy atom. The van der Waals surface area contributed by atoms with Crippen LogP contribution < -0.4 is 0 Å². The fraction of sp³-hybridized carbons (Fsp3) is 0.605. The summed E-state index contributed by atoms with van der Waals surface area (Å²) in [4.78, 5) is 39.1. The Hall–Kier alpha value is -3.07. The Morgan fingerprint density at radius 2 is 1.63 bits per heavy atom. The van der Waals surface area contributed by atoms with Crippen LogP contribution >= 0.6 is 0 Å². The van der Waals surface area contributed by atoms with Crippen LogP contribution in [-0.2, 0) is 23.9 Å². The lowest BCUT2D eigenvalue weighted by Crippen LogP contribution is -2.78. The lowest BCUT2D eigenvalue weighted by atomic mass is 9.42. The van der Waals surface area contributed by atoms with E-state index in [-0.39, 0.29) is 37.7 Å². The van der Waals surface area contributed by atoms with Crippen LogP contribution in [0.25, 0.3) is 6.08 Å². The first kappa shape index (κ1) is 34.3. The highest BCUT2D eigenvalue weighted by Crippen LogP contribution is 2.71. The van der Waals surface area contributed by atoms with E-state index in [9.17, 15) is 29.7 Å². The van der Waals surface area contributed by atoms with E-state index in [0.717, 1.165) is 22.3 Å². The maximum absolute atomic E-state index is 13.3.